The summed E-state index contributed by atoms with van der Waals surface area (Å²) in [6, 6.07) is 8.02. The summed E-state index contributed by atoms with van der Waals surface area (Å²) in [6.07, 6.45) is -2.96. The third kappa shape index (κ3) is 3.24. The summed E-state index contributed by atoms with van der Waals surface area (Å²) in [4.78, 5) is 20.5. The molecule has 1 rings (SSSR count). The minimum atomic E-state index is -1.69. The van der Waals surface area contributed by atoms with E-state index >= 15 is 0 Å². The molecule has 0 aliphatic heterocycles. The van der Waals surface area contributed by atoms with Gasteiger partial charge in [0.2, 0.25) is 0 Å². The molecule has 68 valence electrons. The maximum atomic E-state index is 10.6. The molecule has 5 heteroatoms. The smallest absolute Gasteiger partial charge is 0.449 e. The Kier molecular flexibility index (Phi) is 2.86. The third-order valence-electron chi connectivity index (χ3n) is 1.12. The second-order valence-corrected chi connectivity index (χ2v) is 2.03. The van der Waals surface area contributed by atoms with Crippen molar-refractivity contribution in [1.29, 1.82) is 0 Å². The lowest BCUT2D eigenvalue weighted by atomic mass is 10.3. The van der Waals surface area contributed by atoms with Crippen LogP contribution >= 0.6 is 0 Å². The SMILES string of the molecule is O=C(O)OC(=O)Oc1ccccc1. The normalized spacial score (nSPS) is 8.92. The number of carboxylic acid groups (broad SMARTS) is 1. The molecular formula is C8H6O5. The van der Waals surface area contributed by atoms with Crippen LogP contribution in [0.1, 0.15) is 0 Å². The van der Waals surface area contributed by atoms with E-state index in [1.165, 1.54) is 12.1 Å². The van der Waals surface area contributed by atoms with E-state index in [0.29, 0.717) is 0 Å². The lowest BCUT2D eigenvalue weighted by Crippen LogP contribution is -2.14. The van der Waals surface area contributed by atoms with Gasteiger partial charge in [0.15, 0.2) is 0 Å². The lowest BCUT2D eigenvalue weighted by molar-refractivity contribution is 0.0848. The van der Waals surface area contributed by atoms with E-state index in [1.54, 1.807) is 18.2 Å². The third-order valence-corrected chi connectivity index (χ3v) is 1.12. The Bertz CT molecular complexity index is 306. The van der Waals surface area contributed by atoms with Crippen LogP contribution in [0.15, 0.2) is 30.3 Å². The van der Waals surface area contributed by atoms with E-state index in [-0.39, 0.29) is 5.75 Å². The van der Waals surface area contributed by atoms with Crippen LogP contribution in [0.2, 0.25) is 0 Å². The first kappa shape index (κ1) is 9.05. The molecule has 0 spiro atoms. The van der Waals surface area contributed by atoms with Gasteiger partial charge in [-0.3, -0.25) is 0 Å². The van der Waals surface area contributed by atoms with Gasteiger partial charge >= 0.3 is 12.3 Å². The summed E-state index contributed by atoms with van der Waals surface area (Å²) < 4.78 is 8.19. The van der Waals surface area contributed by atoms with Crippen LogP contribution < -0.4 is 4.74 Å². The predicted octanol–water partition coefficient (Wildman–Crippen LogP) is 1.88. The topological polar surface area (TPSA) is 72.8 Å². The van der Waals surface area contributed by atoms with Gasteiger partial charge in [-0.2, -0.15) is 0 Å². The van der Waals surface area contributed by atoms with Gasteiger partial charge in [-0.1, -0.05) is 18.2 Å². The number of ether oxygens (including phenoxy) is 2. The van der Waals surface area contributed by atoms with Crippen molar-refractivity contribution in [2.24, 2.45) is 0 Å². The average molecular weight is 182 g/mol. The van der Waals surface area contributed by atoms with Gasteiger partial charge in [-0.15, -0.1) is 0 Å². The quantitative estimate of drug-likeness (QED) is 0.407. The van der Waals surface area contributed by atoms with E-state index in [2.05, 4.69) is 9.47 Å². The van der Waals surface area contributed by atoms with Crippen LogP contribution in [0.4, 0.5) is 9.59 Å². The largest absolute Gasteiger partial charge is 0.524 e. The van der Waals surface area contributed by atoms with Crippen LogP contribution in [-0.2, 0) is 4.74 Å². The van der Waals surface area contributed by atoms with Crippen LogP contribution in [0.25, 0.3) is 0 Å². The molecule has 13 heavy (non-hydrogen) atoms. The molecule has 0 aliphatic carbocycles. The molecule has 0 unspecified atom stereocenters. The molecule has 1 aromatic carbocycles. The highest BCUT2D eigenvalue weighted by Crippen LogP contribution is 2.08. The molecule has 0 fully saturated rings. The first-order chi connectivity index (χ1) is 6.18. The summed E-state index contributed by atoms with van der Waals surface area (Å²) in [5.41, 5.74) is 0. The molecule has 0 aromatic heterocycles. The van der Waals surface area contributed by atoms with Crippen molar-refractivity contribution in [3.8, 4) is 5.75 Å². The zero-order chi connectivity index (χ0) is 9.68. The van der Waals surface area contributed by atoms with Crippen LogP contribution in [0.5, 0.6) is 5.75 Å². The van der Waals surface area contributed by atoms with Gasteiger partial charge in [0.25, 0.3) is 0 Å². The van der Waals surface area contributed by atoms with Gasteiger partial charge in [0.1, 0.15) is 5.75 Å². The lowest BCUT2D eigenvalue weighted by Gasteiger charge is -2.00. The highest BCUT2D eigenvalue weighted by Gasteiger charge is 2.09. The molecule has 0 bridgehead atoms. The van der Waals surface area contributed by atoms with E-state index < -0.39 is 12.3 Å². The minimum absolute atomic E-state index is 0.230. The summed E-state index contributed by atoms with van der Waals surface area (Å²) >= 11 is 0. The van der Waals surface area contributed by atoms with Gasteiger partial charge < -0.3 is 14.6 Å². The Morgan fingerprint density at radius 3 is 2.31 bits per heavy atom. The molecular weight excluding hydrogens is 176 g/mol. The summed E-state index contributed by atoms with van der Waals surface area (Å²) in [7, 11) is 0. The Balaban J connectivity index is 2.50. The fourth-order valence-electron chi connectivity index (χ4n) is 0.677. The second-order valence-electron chi connectivity index (χ2n) is 2.03. The number of para-hydroxylation sites is 1. The summed E-state index contributed by atoms with van der Waals surface area (Å²) in [5.74, 6) is 0.230. The molecule has 0 saturated heterocycles. The Morgan fingerprint density at radius 2 is 1.77 bits per heavy atom. The van der Waals surface area contributed by atoms with Gasteiger partial charge in [0.05, 0.1) is 0 Å². The average Bonchev–Trinajstić information content (AvgIpc) is 2.04. The fraction of sp³-hybridized carbons (Fsp3) is 0. The van der Waals surface area contributed by atoms with Crippen molar-refractivity contribution in [1.82, 2.24) is 0 Å². The zero-order valence-electron chi connectivity index (χ0n) is 6.47. The number of hydrogen-bond donors (Lipinski definition) is 1. The van der Waals surface area contributed by atoms with Crippen LogP contribution in [0, 0.1) is 0 Å². The number of carbonyl (C=O) groups excluding carboxylic acids is 1. The zero-order valence-corrected chi connectivity index (χ0v) is 6.47. The first-order valence-electron chi connectivity index (χ1n) is 3.36. The molecule has 0 aliphatic rings. The highest BCUT2D eigenvalue weighted by atomic mass is 16.8. The Labute approximate surface area is 73.5 Å². The molecule has 0 atom stereocenters. The van der Waals surface area contributed by atoms with Crippen molar-refractivity contribution in [3.05, 3.63) is 30.3 Å². The summed E-state index contributed by atoms with van der Waals surface area (Å²) in [5, 5.41) is 8.04. The maximum Gasteiger partial charge on any atom is 0.524 e. The van der Waals surface area contributed by atoms with Crippen molar-refractivity contribution in [2.45, 2.75) is 0 Å². The van der Waals surface area contributed by atoms with Crippen LogP contribution in [-0.4, -0.2) is 17.4 Å². The maximum absolute atomic E-state index is 10.6. The molecule has 0 radical (unpaired) electrons. The molecule has 0 saturated carbocycles. The summed E-state index contributed by atoms with van der Waals surface area (Å²) in [6.45, 7) is 0. The molecule has 5 nitrogen and oxygen atoms in total. The standard InChI is InChI=1S/C8H6O5/c9-7(10)13-8(11)12-6-4-2-1-3-5-6/h1-5H,(H,9,10). The van der Waals surface area contributed by atoms with Crippen molar-refractivity contribution < 1.29 is 24.2 Å². The Hall–Kier alpha value is -2.04. The number of hydrogen-bond acceptors (Lipinski definition) is 4. The molecule has 0 amide bonds. The van der Waals surface area contributed by atoms with Gasteiger partial charge in [-0.05, 0) is 12.1 Å². The monoisotopic (exact) mass is 182 g/mol. The van der Waals surface area contributed by atoms with Crippen molar-refractivity contribution in [2.75, 3.05) is 0 Å². The highest BCUT2D eigenvalue weighted by molar-refractivity contribution is 5.77. The predicted molar refractivity (Wildman–Crippen MR) is 41.6 cm³/mol. The van der Waals surface area contributed by atoms with Crippen molar-refractivity contribution in [3.63, 3.8) is 0 Å². The van der Waals surface area contributed by atoms with Gasteiger partial charge in [-0.25, -0.2) is 9.59 Å². The molecule has 1 aromatic rings. The number of carbonyl (C=O) groups is 2. The second kappa shape index (κ2) is 4.10. The number of rotatable bonds is 1. The van der Waals surface area contributed by atoms with Crippen molar-refractivity contribution >= 4 is 12.3 Å². The van der Waals surface area contributed by atoms with E-state index in [0.717, 1.165) is 0 Å². The van der Waals surface area contributed by atoms with Gasteiger partial charge in [0, 0.05) is 0 Å². The fourth-order valence-corrected chi connectivity index (χ4v) is 0.677. The van der Waals surface area contributed by atoms with E-state index in [4.69, 9.17) is 5.11 Å². The number of benzene rings is 1. The minimum Gasteiger partial charge on any atom is -0.449 e. The van der Waals surface area contributed by atoms with Crippen LogP contribution in [0.3, 0.4) is 0 Å². The van der Waals surface area contributed by atoms with E-state index in [9.17, 15) is 9.59 Å². The van der Waals surface area contributed by atoms with E-state index in [1.807, 2.05) is 0 Å². The Morgan fingerprint density at radius 1 is 1.15 bits per heavy atom. The molecule has 1 N–H and O–H groups in total. The molecule has 0 heterocycles. The first-order valence-corrected chi connectivity index (χ1v) is 3.36.